The molecule has 0 aromatic carbocycles. The van der Waals surface area contributed by atoms with E-state index in [0.717, 1.165) is 42.2 Å². The van der Waals surface area contributed by atoms with Crippen LogP contribution in [-0.2, 0) is 0 Å². The van der Waals surface area contributed by atoms with Crippen LogP contribution in [0.5, 0.6) is 0 Å². The van der Waals surface area contributed by atoms with E-state index < -0.39 is 0 Å². The summed E-state index contributed by atoms with van der Waals surface area (Å²) in [4.78, 5) is 4.74. The van der Waals surface area contributed by atoms with E-state index in [2.05, 4.69) is 26.9 Å². The van der Waals surface area contributed by atoms with Gasteiger partial charge in [0, 0.05) is 31.9 Å². The van der Waals surface area contributed by atoms with Gasteiger partial charge in [0.05, 0.1) is 6.61 Å². The van der Waals surface area contributed by atoms with Gasteiger partial charge in [0.25, 0.3) is 0 Å². The fraction of sp³-hybridized carbons (Fsp3) is 0.800. The highest BCUT2D eigenvalue weighted by atomic mass is 32.2. The summed E-state index contributed by atoms with van der Waals surface area (Å²) in [7, 11) is 0. The van der Waals surface area contributed by atoms with Gasteiger partial charge in [-0.2, -0.15) is 0 Å². The summed E-state index contributed by atoms with van der Waals surface area (Å²) >= 11 is 3.19. The number of rotatable bonds is 5. The first kappa shape index (κ1) is 13.1. The standard InChI is InChI=1S/C10H18N4OS2/c1-2-13-3-5-14(6-4-13)9-11-12-10(17-9)16-8-7-15/h15H,2-8H2,1H3. The number of aliphatic hydroxyl groups is 1. The zero-order chi connectivity index (χ0) is 12.1. The maximum atomic E-state index is 8.76. The largest absolute Gasteiger partial charge is 0.396 e. The first-order valence-electron chi connectivity index (χ1n) is 5.88. The molecule has 1 N–H and O–H groups in total. The van der Waals surface area contributed by atoms with Crippen molar-refractivity contribution in [2.45, 2.75) is 11.3 Å². The molecule has 0 saturated carbocycles. The van der Waals surface area contributed by atoms with Gasteiger partial charge in [-0.05, 0) is 6.54 Å². The summed E-state index contributed by atoms with van der Waals surface area (Å²) < 4.78 is 0.951. The van der Waals surface area contributed by atoms with Crippen molar-refractivity contribution in [3.05, 3.63) is 0 Å². The van der Waals surface area contributed by atoms with Crippen molar-refractivity contribution in [2.75, 3.05) is 50.0 Å². The Morgan fingerprint density at radius 2 is 2.06 bits per heavy atom. The molecule has 7 heteroatoms. The number of likely N-dealkylation sites (N-methyl/N-ethyl adjacent to an activating group) is 1. The van der Waals surface area contributed by atoms with Crippen molar-refractivity contribution in [3.8, 4) is 0 Å². The van der Waals surface area contributed by atoms with Gasteiger partial charge in [0.15, 0.2) is 4.34 Å². The van der Waals surface area contributed by atoms with Crippen LogP contribution in [0, 0.1) is 0 Å². The van der Waals surface area contributed by atoms with Gasteiger partial charge < -0.3 is 14.9 Å². The molecule has 0 aliphatic carbocycles. The van der Waals surface area contributed by atoms with E-state index >= 15 is 0 Å². The van der Waals surface area contributed by atoms with E-state index in [1.807, 2.05) is 0 Å². The number of aliphatic hydroxyl groups excluding tert-OH is 1. The Bertz CT molecular complexity index is 339. The molecule has 1 aromatic heterocycles. The molecule has 0 amide bonds. The minimum Gasteiger partial charge on any atom is -0.396 e. The first-order chi connectivity index (χ1) is 8.33. The van der Waals surface area contributed by atoms with Gasteiger partial charge in [-0.1, -0.05) is 30.0 Å². The molecule has 1 saturated heterocycles. The molecule has 2 rings (SSSR count). The number of aromatic nitrogens is 2. The monoisotopic (exact) mass is 274 g/mol. The normalized spacial score (nSPS) is 17.6. The Hall–Kier alpha value is -0.370. The second-order valence-electron chi connectivity index (χ2n) is 3.84. The third-order valence-corrected chi connectivity index (χ3v) is 4.90. The fourth-order valence-corrected chi connectivity index (χ4v) is 3.48. The highest BCUT2D eigenvalue weighted by Gasteiger charge is 2.18. The van der Waals surface area contributed by atoms with Crippen LogP contribution < -0.4 is 4.90 Å². The van der Waals surface area contributed by atoms with Gasteiger partial charge in [-0.15, -0.1) is 10.2 Å². The van der Waals surface area contributed by atoms with Gasteiger partial charge >= 0.3 is 0 Å². The number of hydrogen-bond acceptors (Lipinski definition) is 7. The van der Waals surface area contributed by atoms with Crippen molar-refractivity contribution in [2.24, 2.45) is 0 Å². The number of piperazine rings is 1. The summed E-state index contributed by atoms with van der Waals surface area (Å²) in [5, 5.41) is 18.1. The minimum atomic E-state index is 0.189. The van der Waals surface area contributed by atoms with Crippen LogP contribution in [0.4, 0.5) is 5.13 Å². The lowest BCUT2D eigenvalue weighted by atomic mass is 10.3. The molecule has 5 nitrogen and oxygen atoms in total. The zero-order valence-electron chi connectivity index (χ0n) is 10.0. The molecule has 0 bridgehead atoms. The molecule has 2 heterocycles. The molecular weight excluding hydrogens is 256 g/mol. The minimum absolute atomic E-state index is 0.189. The number of hydrogen-bond donors (Lipinski definition) is 1. The van der Waals surface area contributed by atoms with E-state index in [4.69, 9.17) is 5.11 Å². The predicted molar refractivity (Wildman–Crippen MR) is 72.0 cm³/mol. The quantitative estimate of drug-likeness (QED) is 0.800. The summed E-state index contributed by atoms with van der Waals surface area (Å²) in [5.41, 5.74) is 0. The molecule has 1 aromatic rings. The number of thioether (sulfide) groups is 1. The maximum absolute atomic E-state index is 8.76. The van der Waals surface area contributed by atoms with Gasteiger partial charge in [-0.25, -0.2) is 0 Å². The van der Waals surface area contributed by atoms with E-state index in [9.17, 15) is 0 Å². The van der Waals surface area contributed by atoms with Crippen LogP contribution in [0.25, 0.3) is 0 Å². The van der Waals surface area contributed by atoms with Crippen LogP contribution in [0.15, 0.2) is 4.34 Å². The molecular formula is C10H18N4OS2. The zero-order valence-corrected chi connectivity index (χ0v) is 11.6. The van der Waals surface area contributed by atoms with E-state index in [-0.39, 0.29) is 6.61 Å². The lowest BCUT2D eigenvalue weighted by Crippen LogP contribution is -2.46. The van der Waals surface area contributed by atoms with Gasteiger partial charge in [-0.3, -0.25) is 0 Å². The Balaban J connectivity index is 1.87. The van der Waals surface area contributed by atoms with Crippen LogP contribution >= 0.6 is 23.1 Å². The molecule has 1 aliphatic heterocycles. The highest BCUT2D eigenvalue weighted by molar-refractivity contribution is 8.01. The third-order valence-electron chi connectivity index (χ3n) is 2.80. The highest BCUT2D eigenvalue weighted by Crippen LogP contribution is 2.28. The average molecular weight is 274 g/mol. The number of anilines is 1. The lowest BCUT2D eigenvalue weighted by molar-refractivity contribution is 0.271. The van der Waals surface area contributed by atoms with E-state index in [1.165, 1.54) is 0 Å². The van der Waals surface area contributed by atoms with Crippen molar-refractivity contribution >= 4 is 28.2 Å². The second kappa shape index (κ2) is 6.53. The second-order valence-corrected chi connectivity index (χ2v) is 6.14. The van der Waals surface area contributed by atoms with Crippen LogP contribution in [0.1, 0.15) is 6.92 Å². The van der Waals surface area contributed by atoms with Crippen LogP contribution in [-0.4, -0.2) is 65.3 Å². The Morgan fingerprint density at radius 1 is 1.29 bits per heavy atom. The molecule has 0 spiro atoms. The molecule has 1 fully saturated rings. The molecule has 1 aliphatic rings. The average Bonchev–Trinajstić information content (AvgIpc) is 2.85. The SMILES string of the molecule is CCN1CCN(c2nnc(SCCO)s2)CC1. The fourth-order valence-electron chi connectivity index (χ4n) is 1.78. The molecule has 0 unspecified atom stereocenters. The van der Waals surface area contributed by atoms with Crippen molar-refractivity contribution in [1.82, 2.24) is 15.1 Å². The van der Waals surface area contributed by atoms with Crippen LogP contribution in [0.2, 0.25) is 0 Å². The molecule has 0 atom stereocenters. The molecule has 96 valence electrons. The van der Waals surface area contributed by atoms with Gasteiger partial charge in [0.2, 0.25) is 5.13 Å². The lowest BCUT2D eigenvalue weighted by Gasteiger charge is -2.33. The van der Waals surface area contributed by atoms with Crippen molar-refractivity contribution in [3.63, 3.8) is 0 Å². The van der Waals surface area contributed by atoms with Crippen LogP contribution in [0.3, 0.4) is 0 Å². The molecule has 0 radical (unpaired) electrons. The topological polar surface area (TPSA) is 52.5 Å². The summed E-state index contributed by atoms with van der Waals surface area (Å²) in [6.45, 7) is 7.80. The Kier molecular flexibility index (Phi) is 5.02. The summed E-state index contributed by atoms with van der Waals surface area (Å²) in [6.07, 6.45) is 0. The predicted octanol–water partition coefficient (Wildman–Crippen LogP) is 0.764. The first-order valence-corrected chi connectivity index (χ1v) is 7.68. The third kappa shape index (κ3) is 3.54. The van der Waals surface area contributed by atoms with Gasteiger partial charge in [0.1, 0.15) is 0 Å². The Labute approximate surface area is 110 Å². The van der Waals surface area contributed by atoms with Crippen molar-refractivity contribution in [1.29, 1.82) is 0 Å². The smallest absolute Gasteiger partial charge is 0.209 e. The Morgan fingerprint density at radius 3 is 2.71 bits per heavy atom. The number of nitrogens with zero attached hydrogens (tertiary/aromatic N) is 4. The summed E-state index contributed by atoms with van der Waals surface area (Å²) in [6, 6.07) is 0. The maximum Gasteiger partial charge on any atom is 0.209 e. The van der Waals surface area contributed by atoms with E-state index in [1.54, 1.807) is 23.1 Å². The van der Waals surface area contributed by atoms with Crippen molar-refractivity contribution < 1.29 is 5.11 Å². The molecule has 17 heavy (non-hydrogen) atoms. The summed E-state index contributed by atoms with van der Waals surface area (Å²) in [5.74, 6) is 0.693. The van der Waals surface area contributed by atoms with E-state index in [0.29, 0.717) is 5.75 Å².